The fourth-order valence-corrected chi connectivity index (χ4v) is 2.67. The molecule has 0 fully saturated rings. The summed E-state index contributed by atoms with van der Waals surface area (Å²) in [7, 11) is 1.27. The molecule has 3 rings (SSSR count). The lowest BCUT2D eigenvalue weighted by Gasteiger charge is -2.10. The van der Waals surface area contributed by atoms with E-state index in [0.29, 0.717) is 22.6 Å². The van der Waals surface area contributed by atoms with Crippen molar-refractivity contribution in [1.82, 2.24) is 0 Å². The van der Waals surface area contributed by atoms with Gasteiger partial charge in [0.25, 0.3) is 5.91 Å². The van der Waals surface area contributed by atoms with Crippen molar-refractivity contribution in [3.63, 3.8) is 0 Å². The molecule has 1 amide bonds. The van der Waals surface area contributed by atoms with E-state index >= 15 is 0 Å². The van der Waals surface area contributed by atoms with E-state index in [0.717, 1.165) is 0 Å². The number of hydrogen-bond donors (Lipinski definition) is 1. The summed E-state index contributed by atoms with van der Waals surface area (Å²) in [6, 6.07) is 22.1. The minimum Gasteiger partial charge on any atom is -0.484 e. The zero-order valence-electron chi connectivity index (χ0n) is 15.8. The number of para-hydroxylation sites is 1. The molecule has 0 aliphatic heterocycles. The van der Waals surface area contributed by atoms with Gasteiger partial charge >= 0.3 is 5.97 Å². The summed E-state index contributed by atoms with van der Waals surface area (Å²) in [5, 5.41) is 2.63. The first-order valence-electron chi connectivity index (χ1n) is 8.88. The van der Waals surface area contributed by atoms with Crippen LogP contribution in [-0.4, -0.2) is 31.4 Å². The molecule has 6 nitrogen and oxygen atoms in total. The van der Waals surface area contributed by atoms with Gasteiger partial charge < -0.3 is 14.8 Å². The van der Waals surface area contributed by atoms with Crippen LogP contribution < -0.4 is 10.1 Å². The van der Waals surface area contributed by atoms with Crippen LogP contribution >= 0.6 is 0 Å². The fourth-order valence-electron chi connectivity index (χ4n) is 2.67. The van der Waals surface area contributed by atoms with Gasteiger partial charge in [0, 0.05) is 11.1 Å². The Hall–Kier alpha value is -3.93. The molecule has 0 saturated carbocycles. The van der Waals surface area contributed by atoms with Crippen LogP contribution in [0.4, 0.5) is 5.69 Å². The Morgan fingerprint density at radius 1 is 0.793 bits per heavy atom. The SMILES string of the molecule is COC(=O)c1ccccc1NC(=O)COc1ccc(C(=O)c2ccccc2)cc1. The predicted octanol–water partition coefficient (Wildman–Crippen LogP) is 3.72. The maximum absolute atomic E-state index is 12.4. The fraction of sp³-hybridized carbons (Fsp3) is 0.0870. The summed E-state index contributed by atoms with van der Waals surface area (Å²) in [4.78, 5) is 36.3. The average Bonchev–Trinajstić information content (AvgIpc) is 2.78. The molecule has 0 atom stereocenters. The maximum Gasteiger partial charge on any atom is 0.339 e. The molecule has 0 aliphatic carbocycles. The molecule has 0 bridgehead atoms. The number of benzene rings is 3. The molecule has 6 heteroatoms. The number of carbonyl (C=O) groups is 3. The van der Waals surface area contributed by atoms with Crippen LogP contribution in [0.5, 0.6) is 5.75 Å². The van der Waals surface area contributed by atoms with Gasteiger partial charge in [0.05, 0.1) is 18.4 Å². The van der Waals surface area contributed by atoms with Gasteiger partial charge in [0.15, 0.2) is 12.4 Å². The van der Waals surface area contributed by atoms with Crippen LogP contribution in [0.3, 0.4) is 0 Å². The molecule has 0 aromatic heterocycles. The van der Waals surface area contributed by atoms with Crippen molar-refractivity contribution in [2.24, 2.45) is 0 Å². The lowest BCUT2D eigenvalue weighted by Crippen LogP contribution is -2.21. The molecular formula is C23H19NO5. The largest absolute Gasteiger partial charge is 0.484 e. The van der Waals surface area contributed by atoms with Crippen molar-refractivity contribution in [2.45, 2.75) is 0 Å². The number of ether oxygens (including phenoxy) is 2. The van der Waals surface area contributed by atoms with Gasteiger partial charge in [-0.25, -0.2) is 4.79 Å². The van der Waals surface area contributed by atoms with Gasteiger partial charge in [-0.3, -0.25) is 9.59 Å². The van der Waals surface area contributed by atoms with E-state index in [1.165, 1.54) is 7.11 Å². The molecule has 0 radical (unpaired) electrons. The molecule has 146 valence electrons. The predicted molar refractivity (Wildman–Crippen MR) is 108 cm³/mol. The highest BCUT2D eigenvalue weighted by atomic mass is 16.5. The summed E-state index contributed by atoms with van der Waals surface area (Å²) >= 11 is 0. The van der Waals surface area contributed by atoms with E-state index in [1.807, 2.05) is 18.2 Å². The van der Waals surface area contributed by atoms with Gasteiger partial charge in [-0.05, 0) is 36.4 Å². The lowest BCUT2D eigenvalue weighted by molar-refractivity contribution is -0.118. The molecule has 3 aromatic carbocycles. The molecule has 3 aromatic rings. The number of amides is 1. The van der Waals surface area contributed by atoms with Crippen LogP contribution in [0, 0.1) is 0 Å². The Morgan fingerprint density at radius 3 is 2.10 bits per heavy atom. The van der Waals surface area contributed by atoms with Crippen LogP contribution in [0.2, 0.25) is 0 Å². The topological polar surface area (TPSA) is 81.7 Å². The summed E-state index contributed by atoms with van der Waals surface area (Å²) in [5.41, 5.74) is 1.73. The summed E-state index contributed by atoms with van der Waals surface area (Å²) < 4.78 is 10.2. The third-order valence-corrected chi connectivity index (χ3v) is 4.13. The van der Waals surface area contributed by atoms with Crippen molar-refractivity contribution in [1.29, 1.82) is 0 Å². The summed E-state index contributed by atoms with van der Waals surface area (Å²) in [6.45, 7) is -0.249. The van der Waals surface area contributed by atoms with Crippen molar-refractivity contribution in [2.75, 3.05) is 19.0 Å². The van der Waals surface area contributed by atoms with Crippen LogP contribution in [0.1, 0.15) is 26.3 Å². The summed E-state index contributed by atoms with van der Waals surface area (Å²) in [5.74, 6) is -0.605. The number of nitrogens with one attached hydrogen (secondary N) is 1. The van der Waals surface area contributed by atoms with Gasteiger partial charge in [-0.15, -0.1) is 0 Å². The zero-order chi connectivity index (χ0) is 20.6. The van der Waals surface area contributed by atoms with Gasteiger partial charge in [0.2, 0.25) is 0 Å². The molecule has 0 unspecified atom stereocenters. The third kappa shape index (κ3) is 5.07. The number of rotatable bonds is 7. The van der Waals surface area contributed by atoms with Gasteiger partial charge in [-0.2, -0.15) is 0 Å². The molecular weight excluding hydrogens is 370 g/mol. The Balaban J connectivity index is 1.59. The Bertz CT molecular complexity index is 1010. The van der Waals surface area contributed by atoms with Crippen molar-refractivity contribution in [3.8, 4) is 5.75 Å². The minimum absolute atomic E-state index is 0.0886. The van der Waals surface area contributed by atoms with Crippen LogP contribution in [0.25, 0.3) is 0 Å². The number of esters is 1. The van der Waals surface area contributed by atoms with E-state index in [1.54, 1.807) is 60.7 Å². The third-order valence-electron chi connectivity index (χ3n) is 4.13. The second kappa shape index (κ2) is 9.32. The first-order chi connectivity index (χ1) is 14.1. The second-order valence-corrected chi connectivity index (χ2v) is 6.09. The zero-order valence-corrected chi connectivity index (χ0v) is 15.8. The number of carbonyl (C=O) groups excluding carboxylic acids is 3. The first kappa shape index (κ1) is 19.8. The lowest BCUT2D eigenvalue weighted by atomic mass is 10.0. The van der Waals surface area contributed by atoms with Crippen molar-refractivity contribution >= 4 is 23.3 Å². The maximum atomic E-state index is 12.4. The molecule has 0 spiro atoms. The van der Waals surface area contributed by atoms with E-state index in [4.69, 9.17) is 9.47 Å². The smallest absolute Gasteiger partial charge is 0.339 e. The quantitative estimate of drug-likeness (QED) is 0.492. The van der Waals surface area contributed by atoms with Crippen molar-refractivity contribution in [3.05, 3.63) is 95.6 Å². The number of ketones is 1. The normalized spacial score (nSPS) is 10.1. The molecule has 29 heavy (non-hydrogen) atoms. The number of methoxy groups -OCH3 is 1. The Labute approximate surface area is 168 Å². The molecule has 0 saturated heterocycles. The monoisotopic (exact) mass is 389 g/mol. The molecule has 0 aliphatic rings. The second-order valence-electron chi connectivity index (χ2n) is 6.09. The van der Waals surface area contributed by atoms with Gasteiger partial charge in [-0.1, -0.05) is 42.5 Å². The Kier molecular flexibility index (Phi) is 6.37. The van der Waals surface area contributed by atoms with Crippen molar-refractivity contribution < 1.29 is 23.9 Å². The highest BCUT2D eigenvalue weighted by molar-refractivity contribution is 6.09. The average molecular weight is 389 g/mol. The molecule has 1 N–H and O–H groups in total. The van der Waals surface area contributed by atoms with Gasteiger partial charge in [0.1, 0.15) is 5.75 Å². The van der Waals surface area contributed by atoms with E-state index in [9.17, 15) is 14.4 Å². The minimum atomic E-state index is -0.541. The Morgan fingerprint density at radius 2 is 1.41 bits per heavy atom. The summed E-state index contributed by atoms with van der Waals surface area (Å²) in [6.07, 6.45) is 0. The highest BCUT2D eigenvalue weighted by Gasteiger charge is 2.14. The highest BCUT2D eigenvalue weighted by Crippen LogP contribution is 2.17. The number of hydrogen-bond acceptors (Lipinski definition) is 5. The number of anilines is 1. The van der Waals surface area contributed by atoms with E-state index in [-0.39, 0.29) is 18.0 Å². The van der Waals surface area contributed by atoms with Crippen LogP contribution in [-0.2, 0) is 9.53 Å². The van der Waals surface area contributed by atoms with E-state index in [2.05, 4.69) is 5.32 Å². The van der Waals surface area contributed by atoms with E-state index < -0.39 is 11.9 Å². The van der Waals surface area contributed by atoms with Crippen LogP contribution in [0.15, 0.2) is 78.9 Å². The molecule has 0 heterocycles. The standard InChI is InChI=1S/C23H19NO5/c1-28-23(27)19-9-5-6-10-20(19)24-21(25)15-29-18-13-11-17(12-14-18)22(26)16-7-3-2-4-8-16/h2-14H,15H2,1H3,(H,24,25). The first-order valence-corrected chi connectivity index (χ1v) is 8.88.